The van der Waals surface area contributed by atoms with Gasteiger partial charge in [0.05, 0.1) is 19.3 Å². The van der Waals surface area contributed by atoms with Crippen molar-refractivity contribution in [2.75, 3.05) is 13.7 Å². The van der Waals surface area contributed by atoms with Crippen molar-refractivity contribution in [3.8, 4) is 0 Å². The van der Waals surface area contributed by atoms with Crippen molar-refractivity contribution >= 4 is 21.9 Å². The number of cyclic esters (lactones) is 1. The van der Waals surface area contributed by atoms with Crippen molar-refractivity contribution in [2.45, 2.75) is 31.3 Å². The zero-order valence-corrected chi connectivity index (χ0v) is 13.6. The Balaban J connectivity index is 1.88. The number of hydrogen-bond acceptors (Lipinski definition) is 5. The van der Waals surface area contributed by atoms with Crippen LogP contribution >= 0.6 is 15.9 Å². The number of ether oxygens (including phenoxy) is 3. The molecule has 0 radical (unpaired) electrons. The fourth-order valence-corrected chi connectivity index (χ4v) is 2.43. The summed E-state index contributed by atoms with van der Waals surface area (Å²) in [5.41, 5.74) is 9.66. The Morgan fingerprint density at radius 2 is 2.23 bits per heavy atom. The zero-order valence-electron chi connectivity index (χ0n) is 12.0. The Morgan fingerprint density at radius 3 is 2.82 bits per heavy atom. The SMILES string of the molecule is CO[C@@H]1C[C@@H]([C@H](COCc2ccc(Br)cc2)N=[N+]=[N-])OC1=O. The summed E-state index contributed by atoms with van der Waals surface area (Å²) in [4.78, 5) is 14.3. The standard InChI is InChI=1S/C14H16BrN3O4/c1-20-13-6-12(22-14(13)19)11(17-18-16)8-21-7-9-2-4-10(15)5-3-9/h2-5,11-13H,6-8H2,1H3/t11-,12-,13+/m0/s1. The number of carbonyl (C=O) groups is 1. The maximum absolute atomic E-state index is 11.5. The molecule has 0 amide bonds. The third-order valence-electron chi connectivity index (χ3n) is 3.36. The van der Waals surface area contributed by atoms with E-state index in [2.05, 4.69) is 26.0 Å². The number of benzene rings is 1. The molecule has 0 unspecified atom stereocenters. The molecule has 0 aromatic heterocycles. The monoisotopic (exact) mass is 369 g/mol. The van der Waals surface area contributed by atoms with Crippen LogP contribution in [-0.4, -0.2) is 37.9 Å². The average molecular weight is 370 g/mol. The molecule has 22 heavy (non-hydrogen) atoms. The molecule has 1 fully saturated rings. The molecule has 8 heteroatoms. The lowest BCUT2D eigenvalue weighted by Gasteiger charge is -2.17. The van der Waals surface area contributed by atoms with Gasteiger partial charge in [0, 0.05) is 22.9 Å². The number of hydrogen-bond donors (Lipinski definition) is 0. The summed E-state index contributed by atoms with van der Waals surface area (Å²) in [6, 6.07) is 7.15. The predicted molar refractivity (Wildman–Crippen MR) is 82.0 cm³/mol. The number of halogens is 1. The maximum Gasteiger partial charge on any atom is 0.335 e. The molecule has 1 aromatic carbocycles. The number of esters is 1. The second kappa shape index (κ2) is 8.14. The number of methoxy groups -OCH3 is 1. The minimum absolute atomic E-state index is 0.175. The molecular formula is C14H16BrN3O4. The van der Waals surface area contributed by atoms with E-state index in [1.165, 1.54) is 7.11 Å². The van der Waals surface area contributed by atoms with E-state index < -0.39 is 24.2 Å². The zero-order chi connectivity index (χ0) is 15.9. The average Bonchev–Trinajstić information content (AvgIpc) is 2.89. The van der Waals surface area contributed by atoms with Crippen LogP contribution in [0.25, 0.3) is 10.4 Å². The van der Waals surface area contributed by atoms with Crippen LogP contribution in [0.15, 0.2) is 33.9 Å². The first kappa shape index (κ1) is 16.8. The fraction of sp³-hybridized carbons (Fsp3) is 0.500. The molecule has 0 spiro atoms. The van der Waals surface area contributed by atoms with Crippen molar-refractivity contribution < 1.29 is 19.0 Å². The van der Waals surface area contributed by atoms with E-state index in [1.807, 2.05) is 24.3 Å². The van der Waals surface area contributed by atoms with Gasteiger partial charge in [-0.2, -0.15) is 0 Å². The first-order valence-corrected chi connectivity index (χ1v) is 7.53. The lowest BCUT2D eigenvalue weighted by atomic mass is 10.1. The van der Waals surface area contributed by atoms with Gasteiger partial charge >= 0.3 is 5.97 Å². The van der Waals surface area contributed by atoms with Gasteiger partial charge in [-0.25, -0.2) is 4.79 Å². The van der Waals surface area contributed by atoms with Crippen LogP contribution in [0.2, 0.25) is 0 Å². The van der Waals surface area contributed by atoms with Gasteiger partial charge < -0.3 is 14.2 Å². The van der Waals surface area contributed by atoms with Crippen LogP contribution in [0.5, 0.6) is 0 Å². The van der Waals surface area contributed by atoms with Crippen LogP contribution in [-0.2, 0) is 25.6 Å². The quantitative estimate of drug-likeness (QED) is 0.319. The minimum atomic E-state index is -0.604. The van der Waals surface area contributed by atoms with Gasteiger partial charge in [0.1, 0.15) is 6.10 Å². The number of carbonyl (C=O) groups excluding carboxylic acids is 1. The number of nitrogens with zero attached hydrogens (tertiary/aromatic N) is 3. The topological polar surface area (TPSA) is 93.5 Å². The van der Waals surface area contributed by atoms with Crippen molar-refractivity contribution in [1.82, 2.24) is 0 Å². The molecule has 1 aliphatic heterocycles. The molecular weight excluding hydrogens is 354 g/mol. The third-order valence-corrected chi connectivity index (χ3v) is 3.89. The largest absolute Gasteiger partial charge is 0.460 e. The van der Waals surface area contributed by atoms with Gasteiger partial charge in [-0.1, -0.05) is 33.2 Å². The van der Waals surface area contributed by atoms with Crippen molar-refractivity contribution in [2.24, 2.45) is 5.11 Å². The van der Waals surface area contributed by atoms with Crippen LogP contribution < -0.4 is 0 Å². The first-order chi connectivity index (χ1) is 10.6. The van der Waals surface area contributed by atoms with Crippen LogP contribution in [0, 0.1) is 0 Å². The second-order valence-corrected chi connectivity index (χ2v) is 5.76. The molecule has 118 valence electrons. The molecule has 0 saturated carbocycles. The summed E-state index contributed by atoms with van der Waals surface area (Å²) >= 11 is 3.36. The lowest BCUT2D eigenvalue weighted by Crippen LogP contribution is -2.28. The highest BCUT2D eigenvalue weighted by Crippen LogP contribution is 2.22. The maximum atomic E-state index is 11.5. The van der Waals surface area contributed by atoms with E-state index in [9.17, 15) is 4.79 Å². The van der Waals surface area contributed by atoms with E-state index in [0.717, 1.165) is 10.0 Å². The van der Waals surface area contributed by atoms with E-state index in [4.69, 9.17) is 19.7 Å². The van der Waals surface area contributed by atoms with Crippen molar-refractivity contribution in [1.29, 1.82) is 0 Å². The minimum Gasteiger partial charge on any atom is -0.460 e. The molecule has 3 atom stereocenters. The third kappa shape index (κ3) is 4.45. The Hall–Kier alpha value is -1.60. The highest BCUT2D eigenvalue weighted by molar-refractivity contribution is 9.10. The van der Waals surface area contributed by atoms with Crippen LogP contribution in [0.4, 0.5) is 0 Å². The summed E-state index contributed by atoms with van der Waals surface area (Å²) in [5.74, 6) is -0.432. The Kier molecular flexibility index (Phi) is 6.21. The number of rotatable bonds is 7. The first-order valence-electron chi connectivity index (χ1n) is 6.73. The van der Waals surface area contributed by atoms with E-state index in [-0.39, 0.29) is 6.61 Å². The van der Waals surface area contributed by atoms with E-state index >= 15 is 0 Å². The Bertz CT molecular complexity index is 560. The fourth-order valence-electron chi connectivity index (χ4n) is 2.17. The van der Waals surface area contributed by atoms with Gasteiger partial charge in [0.25, 0.3) is 0 Å². The Labute approximate surface area is 136 Å². The lowest BCUT2D eigenvalue weighted by molar-refractivity contribution is -0.149. The summed E-state index contributed by atoms with van der Waals surface area (Å²) in [7, 11) is 1.45. The van der Waals surface area contributed by atoms with Gasteiger partial charge in [0.2, 0.25) is 0 Å². The summed E-state index contributed by atoms with van der Waals surface area (Å²) in [5, 5.41) is 3.67. The van der Waals surface area contributed by atoms with E-state index in [1.54, 1.807) is 0 Å². The highest BCUT2D eigenvalue weighted by Gasteiger charge is 2.38. The molecule has 1 saturated heterocycles. The molecule has 0 bridgehead atoms. The smallest absolute Gasteiger partial charge is 0.335 e. The summed E-state index contributed by atoms with van der Waals surface area (Å²) in [6.07, 6.45) is -0.758. The van der Waals surface area contributed by atoms with Gasteiger partial charge in [-0.05, 0) is 23.2 Å². The molecule has 1 aromatic rings. The van der Waals surface area contributed by atoms with Crippen molar-refractivity contribution in [3.63, 3.8) is 0 Å². The van der Waals surface area contributed by atoms with Gasteiger partial charge in [-0.3, -0.25) is 0 Å². The Morgan fingerprint density at radius 1 is 1.50 bits per heavy atom. The summed E-state index contributed by atoms with van der Waals surface area (Å²) in [6.45, 7) is 0.563. The number of azide groups is 1. The van der Waals surface area contributed by atoms with E-state index in [0.29, 0.717) is 13.0 Å². The summed E-state index contributed by atoms with van der Waals surface area (Å²) < 4.78 is 16.8. The van der Waals surface area contributed by atoms with Crippen LogP contribution in [0.3, 0.4) is 0 Å². The molecule has 0 N–H and O–H groups in total. The van der Waals surface area contributed by atoms with Crippen molar-refractivity contribution in [3.05, 3.63) is 44.7 Å². The van der Waals surface area contributed by atoms with Gasteiger partial charge in [-0.15, -0.1) is 0 Å². The molecule has 1 heterocycles. The molecule has 1 aliphatic rings. The molecule has 7 nitrogen and oxygen atoms in total. The van der Waals surface area contributed by atoms with Crippen LogP contribution in [0.1, 0.15) is 12.0 Å². The second-order valence-electron chi connectivity index (χ2n) is 4.85. The predicted octanol–water partition coefficient (Wildman–Crippen LogP) is 2.98. The molecule has 0 aliphatic carbocycles. The highest BCUT2D eigenvalue weighted by atomic mass is 79.9. The van der Waals surface area contributed by atoms with Gasteiger partial charge in [0.15, 0.2) is 6.10 Å². The normalized spacial score (nSPS) is 22.0. The molecule has 2 rings (SSSR count).